The van der Waals surface area contributed by atoms with E-state index in [-0.39, 0.29) is 24.4 Å². The Kier molecular flexibility index (Phi) is 6.71. The van der Waals surface area contributed by atoms with Gasteiger partial charge in [0, 0.05) is 11.3 Å². The fourth-order valence-corrected chi connectivity index (χ4v) is 3.17. The lowest BCUT2D eigenvalue weighted by atomic mass is 9.87. The molecule has 0 fully saturated rings. The molecular weight excluding hydrogens is 336 g/mol. The monoisotopic (exact) mass is 360 g/mol. The minimum atomic E-state index is -0.0633. The number of ether oxygens (including phenoxy) is 1. The second kappa shape index (κ2) is 8.77. The fraction of sp³-hybridized carbons (Fsp3) is 0.350. The van der Waals surface area contributed by atoms with Crippen LogP contribution < -0.4 is 15.8 Å². The van der Waals surface area contributed by atoms with Gasteiger partial charge in [-0.2, -0.15) is 0 Å². The van der Waals surface area contributed by atoms with E-state index in [9.17, 15) is 4.79 Å². The van der Waals surface area contributed by atoms with Crippen LogP contribution in [-0.4, -0.2) is 12.5 Å². The molecule has 2 aromatic carbocycles. The number of anilines is 1. The van der Waals surface area contributed by atoms with Crippen molar-refractivity contribution < 1.29 is 9.53 Å². The maximum absolute atomic E-state index is 12.6. The predicted molar refractivity (Wildman–Crippen MR) is 103 cm³/mol. The van der Waals surface area contributed by atoms with Gasteiger partial charge in [-0.05, 0) is 67.1 Å². The van der Waals surface area contributed by atoms with Crippen LogP contribution in [0.15, 0.2) is 42.5 Å². The zero-order valence-electron chi connectivity index (χ0n) is 14.5. The number of nitrogens with two attached hydrogens (primary N) is 1. The van der Waals surface area contributed by atoms with Gasteiger partial charge in [0.2, 0.25) is 0 Å². The van der Waals surface area contributed by atoms with Gasteiger partial charge in [0.15, 0.2) is 0 Å². The third-order valence-corrected chi connectivity index (χ3v) is 4.36. The van der Waals surface area contributed by atoms with Crippen LogP contribution in [0, 0.1) is 0 Å². The van der Waals surface area contributed by atoms with Crippen molar-refractivity contribution in [3.8, 4) is 5.75 Å². The van der Waals surface area contributed by atoms with E-state index in [2.05, 4.69) is 12.2 Å². The van der Waals surface area contributed by atoms with Crippen LogP contribution in [0.4, 0.5) is 5.69 Å². The van der Waals surface area contributed by atoms with Crippen LogP contribution in [0.5, 0.6) is 5.75 Å². The van der Waals surface area contributed by atoms with Gasteiger partial charge in [-0.25, -0.2) is 0 Å². The number of carbonyl (C=O) groups is 1. The van der Waals surface area contributed by atoms with Crippen LogP contribution >= 0.6 is 12.4 Å². The van der Waals surface area contributed by atoms with Crippen molar-refractivity contribution in [2.75, 3.05) is 12.3 Å². The van der Waals surface area contributed by atoms with Crippen LogP contribution in [0.2, 0.25) is 0 Å². The zero-order chi connectivity index (χ0) is 16.9. The number of carbonyl (C=O) groups excluding carboxylic acids is 1. The molecular formula is C20H25ClN2O2. The number of rotatable bonds is 5. The number of hydrogen-bond acceptors (Lipinski definition) is 3. The molecule has 2 aromatic rings. The summed E-state index contributed by atoms with van der Waals surface area (Å²) in [5.74, 6) is 0.674. The van der Waals surface area contributed by atoms with Gasteiger partial charge in [0.05, 0.1) is 12.6 Å². The van der Waals surface area contributed by atoms with E-state index in [1.807, 2.05) is 36.4 Å². The van der Waals surface area contributed by atoms with Gasteiger partial charge in [0.1, 0.15) is 5.75 Å². The highest BCUT2D eigenvalue weighted by Crippen LogP contribution is 2.31. The van der Waals surface area contributed by atoms with Crippen molar-refractivity contribution in [1.29, 1.82) is 0 Å². The number of fused-ring (bicyclic) bond motifs is 1. The van der Waals surface area contributed by atoms with Crippen LogP contribution in [-0.2, 0) is 6.42 Å². The van der Waals surface area contributed by atoms with E-state index >= 15 is 0 Å². The highest BCUT2D eigenvalue weighted by atomic mass is 35.5. The minimum absolute atomic E-state index is 0. The number of hydrogen-bond donors (Lipinski definition) is 2. The Morgan fingerprint density at radius 3 is 2.92 bits per heavy atom. The maximum Gasteiger partial charge on any atom is 0.251 e. The summed E-state index contributed by atoms with van der Waals surface area (Å²) in [5.41, 5.74) is 9.71. The standard InChI is InChI=1S/C20H24N2O2.ClH/c1-2-11-24-17-7-3-6-15(13-17)20(23)22-19-8-4-5-14-12-16(21)9-10-18(14)19;/h3,6-7,9-10,12-13,19H,2,4-5,8,11,21H2,1H3,(H,22,23);1H. The summed E-state index contributed by atoms with van der Waals surface area (Å²) in [5, 5.41) is 3.16. The molecule has 4 nitrogen and oxygen atoms in total. The normalized spacial score (nSPS) is 15.6. The molecule has 5 heteroatoms. The van der Waals surface area contributed by atoms with Crippen LogP contribution in [0.1, 0.15) is 53.7 Å². The summed E-state index contributed by atoms with van der Waals surface area (Å²) in [6.07, 6.45) is 3.97. The summed E-state index contributed by atoms with van der Waals surface area (Å²) in [4.78, 5) is 12.6. The first-order chi connectivity index (χ1) is 11.7. The summed E-state index contributed by atoms with van der Waals surface area (Å²) < 4.78 is 5.61. The van der Waals surface area contributed by atoms with E-state index in [1.165, 1.54) is 11.1 Å². The van der Waals surface area contributed by atoms with E-state index in [4.69, 9.17) is 10.5 Å². The lowest BCUT2D eigenvalue weighted by Gasteiger charge is -2.26. The average molecular weight is 361 g/mol. The van der Waals surface area contributed by atoms with Crippen molar-refractivity contribution >= 4 is 24.0 Å². The summed E-state index contributed by atoms with van der Waals surface area (Å²) in [7, 11) is 0. The summed E-state index contributed by atoms with van der Waals surface area (Å²) in [6.45, 7) is 2.71. The lowest BCUT2D eigenvalue weighted by molar-refractivity contribution is 0.0932. The fourth-order valence-electron chi connectivity index (χ4n) is 3.17. The third kappa shape index (κ3) is 4.67. The molecule has 3 N–H and O–H groups in total. The maximum atomic E-state index is 12.6. The Hall–Kier alpha value is -2.20. The average Bonchev–Trinajstić information content (AvgIpc) is 2.60. The molecule has 3 rings (SSSR count). The summed E-state index contributed by atoms with van der Waals surface area (Å²) in [6, 6.07) is 13.4. The number of nitrogen functional groups attached to an aromatic ring is 1. The molecule has 0 aliphatic heterocycles. The van der Waals surface area contributed by atoms with Gasteiger partial charge >= 0.3 is 0 Å². The Balaban J connectivity index is 0.00000225. The minimum Gasteiger partial charge on any atom is -0.494 e. The van der Waals surface area contributed by atoms with Crippen LogP contribution in [0.3, 0.4) is 0 Å². The Labute approximate surface area is 155 Å². The molecule has 0 heterocycles. The van der Waals surface area contributed by atoms with Crippen molar-refractivity contribution in [2.45, 2.75) is 38.6 Å². The molecule has 0 saturated heterocycles. The van der Waals surface area contributed by atoms with Gasteiger partial charge in [0.25, 0.3) is 5.91 Å². The van der Waals surface area contributed by atoms with E-state index in [1.54, 1.807) is 6.07 Å². The number of nitrogens with one attached hydrogen (secondary N) is 1. The number of amides is 1. The molecule has 1 atom stereocenters. The molecule has 1 unspecified atom stereocenters. The highest BCUT2D eigenvalue weighted by molar-refractivity contribution is 5.94. The number of halogens is 1. The first-order valence-corrected chi connectivity index (χ1v) is 8.59. The van der Waals surface area contributed by atoms with E-state index < -0.39 is 0 Å². The molecule has 25 heavy (non-hydrogen) atoms. The van der Waals surface area contributed by atoms with Crippen molar-refractivity contribution in [3.63, 3.8) is 0 Å². The second-order valence-corrected chi connectivity index (χ2v) is 6.25. The molecule has 0 saturated carbocycles. The molecule has 0 bridgehead atoms. The zero-order valence-corrected chi connectivity index (χ0v) is 15.3. The van der Waals surface area contributed by atoms with E-state index in [0.29, 0.717) is 12.2 Å². The van der Waals surface area contributed by atoms with Crippen LogP contribution in [0.25, 0.3) is 0 Å². The Morgan fingerprint density at radius 2 is 2.12 bits per heavy atom. The largest absolute Gasteiger partial charge is 0.494 e. The van der Waals surface area contributed by atoms with Gasteiger partial charge in [-0.15, -0.1) is 12.4 Å². The van der Waals surface area contributed by atoms with Gasteiger partial charge in [-0.1, -0.05) is 19.1 Å². The van der Waals surface area contributed by atoms with Gasteiger partial charge in [-0.3, -0.25) is 4.79 Å². The van der Waals surface area contributed by atoms with Crippen molar-refractivity contribution in [1.82, 2.24) is 5.32 Å². The van der Waals surface area contributed by atoms with Gasteiger partial charge < -0.3 is 15.8 Å². The van der Waals surface area contributed by atoms with Crippen molar-refractivity contribution in [2.24, 2.45) is 0 Å². The molecule has 134 valence electrons. The SMILES string of the molecule is CCCOc1cccc(C(=O)NC2CCCc3cc(N)ccc32)c1.Cl. The molecule has 0 aromatic heterocycles. The molecule has 0 radical (unpaired) electrons. The predicted octanol–water partition coefficient (Wildman–Crippen LogP) is 4.29. The number of benzene rings is 2. The van der Waals surface area contributed by atoms with Crippen molar-refractivity contribution in [3.05, 3.63) is 59.2 Å². The second-order valence-electron chi connectivity index (χ2n) is 6.25. The molecule has 1 aliphatic carbocycles. The topological polar surface area (TPSA) is 64.3 Å². The first kappa shape index (κ1) is 19.1. The highest BCUT2D eigenvalue weighted by Gasteiger charge is 2.22. The quantitative estimate of drug-likeness (QED) is 0.782. The Morgan fingerprint density at radius 1 is 1.28 bits per heavy atom. The molecule has 0 spiro atoms. The molecule has 1 aliphatic rings. The number of aryl methyl sites for hydroxylation is 1. The molecule has 1 amide bonds. The van der Waals surface area contributed by atoms with E-state index in [0.717, 1.165) is 37.1 Å². The first-order valence-electron chi connectivity index (χ1n) is 8.59. The third-order valence-electron chi connectivity index (χ3n) is 4.36. The Bertz CT molecular complexity index is 733. The summed E-state index contributed by atoms with van der Waals surface area (Å²) >= 11 is 0. The lowest BCUT2D eigenvalue weighted by Crippen LogP contribution is -2.31. The smallest absolute Gasteiger partial charge is 0.251 e.